The van der Waals surface area contributed by atoms with Crippen LogP contribution in [0.4, 0.5) is 5.95 Å². The van der Waals surface area contributed by atoms with E-state index in [1.165, 1.54) is 0 Å². The highest BCUT2D eigenvalue weighted by atomic mass is 15.4. The van der Waals surface area contributed by atoms with Gasteiger partial charge in [-0.2, -0.15) is 5.10 Å². The molecule has 0 bridgehead atoms. The molecule has 3 aromatic rings. The Morgan fingerprint density at radius 2 is 1.86 bits per heavy atom. The van der Waals surface area contributed by atoms with Crippen LogP contribution in [0.15, 0.2) is 53.8 Å². The number of benzene rings is 1. The molecular weight excluding hydrogens is 274 g/mol. The van der Waals surface area contributed by atoms with Gasteiger partial charge in [-0.25, -0.2) is 10.4 Å². The monoisotopic (exact) mass is 293 g/mol. The molecule has 0 spiro atoms. The zero-order valence-electron chi connectivity index (χ0n) is 13.0. The molecule has 0 radical (unpaired) electrons. The van der Waals surface area contributed by atoms with Crippen LogP contribution < -0.4 is 5.43 Å². The third-order valence-electron chi connectivity index (χ3n) is 3.28. The number of hydrogen-bond donors (Lipinski definition) is 2. The van der Waals surface area contributed by atoms with Gasteiger partial charge in [0.1, 0.15) is 0 Å². The molecule has 0 fully saturated rings. The lowest BCUT2D eigenvalue weighted by atomic mass is 9.88. The van der Waals surface area contributed by atoms with E-state index in [1.807, 2.05) is 42.5 Å². The highest BCUT2D eigenvalue weighted by Crippen LogP contribution is 2.21. The van der Waals surface area contributed by atoms with Crippen LogP contribution in [0.2, 0.25) is 0 Å². The summed E-state index contributed by atoms with van der Waals surface area (Å²) >= 11 is 0. The number of aromatic nitrogens is 3. The van der Waals surface area contributed by atoms with Gasteiger partial charge in [0.05, 0.1) is 22.4 Å². The first-order valence-electron chi connectivity index (χ1n) is 7.24. The van der Waals surface area contributed by atoms with Crippen molar-refractivity contribution in [3.63, 3.8) is 0 Å². The Labute approximate surface area is 129 Å². The van der Waals surface area contributed by atoms with Crippen molar-refractivity contribution in [1.82, 2.24) is 15.0 Å². The van der Waals surface area contributed by atoms with E-state index in [4.69, 9.17) is 0 Å². The third-order valence-corrected chi connectivity index (χ3v) is 3.28. The van der Waals surface area contributed by atoms with E-state index in [1.54, 1.807) is 6.20 Å². The molecule has 22 heavy (non-hydrogen) atoms. The molecule has 1 aromatic carbocycles. The third kappa shape index (κ3) is 2.98. The lowest BCUT2D eigenvalue weighted by Gasteiger charge is -2.20. The average molecular weight is 293 g/mol. The maximum atomic E-state index is 4.54. The van der Waals surface area contributed by atoms with Crippen LogP contribution in [0.5, 0.6) is 0 Å². The van der Waals surface area contributed by atoms with Crippen LogP contribution in [-0.2, 0) is 0 Å². The molecule has 0 aliphatic heterocycles. The SMILES string of the molecule is CC(C)(C)C(=NNc1nc2ccccc2[nH]1)c1ccccn1. The second-order valence-electron chi connectivity index (χ2n) is 6.14. The molecule has 5 nitrogen and oxygen atoms in total. The van der Waals surface area contributed by atoms with Crippen LogP contribution in [0.25, 0.3) is 11.0 Å². The normalized spacial score (nSPS) is 12.6. The number of nitrogens with one attached hydrogen (secondary N) is 2. The number of imidazole rings is 1. The lowest BCUT2D eigenvalue weighted by Crippen LogP contribution is -2.24. The van der Waals surface area contributed by atoms with Crippen molar-refractivity contribution in [3.05, 3.63) is 54.4 Å². The van der Waals surface area contributed by atoms with Gasteiger partial charge in [0.2, 0.25) is 5.95 Å². The van der Waals surface area contributed by atoms with Crippen molar-refractivity contribution < 1.29 is 0 Å². The molecule has 0 saturated heterocycles. The summed E-state index contributed by atoms with van der Waals surface area (Å²) < 4.78 is 0. The molecule has 0 atom stereocenters. The van der Waals surface area contributed by atoms with Gasteiger partial charge in [-0.1, -0.05) is 39.0 Å². The predicted molar refractivity (Wildman–Crippen MR) is 89.9 cm³/mol. The minimum atomic E-state index is -0.132. The largest absolute Gasteiger partial charge is 0.323 e. The molecule has 0 aliphatic carbocycles. The highest BCUT2D eigenvalue weighted by molar-refractivity contribution is 6.02. The van der Waals surface area contributed by atoms with Gasteiger partial charge in [-0.15, -0.1) is 0 Å². The van der Waals surface area contributed by atoms with Gasteiger partial charge in [-0.05, 0) is 24.3 Å². The van der Waals surface area contributed by atoms with Crippen molar-refractivity contribution in [2.45, 2.75) is 20.8 Å². The van der Waals surface area contributed by atoms with E-state index in [-0.39, 0.29) is 5.41 Å². The first-order chi connectivity index (χ1) is 10.5. The van der Waals surface area contributed by atoms with Gasteiger partial charge in [0, 0.05) is 11.6 Å². The predicted octanol–water partition coefficient (Wildman–Crippen LogP) is 3.82. The molecule has 5 heteroatoms. The molecule has 2 N–H and O–H groups in total. The van der Waals surface area contributed by atoms with E-state index in [9.17, 15) is 0 Å². The Bertz CT molecular complexity index is 764. The zero-order chi connectivity index (χ0) is 15.6. The Balaban J connectivity index is 1.93. The Morgan fingerprint density at radius 3 is 2.55 bits per heavy atom. The van der Waals surface area contributed by atoms with Gasteiger partial charge in [0.15, 0.2) is 0 Å². The average Bonchev–Trinajstić information content (AvgIpc) is 2.90. The summed E-state index contributed by atoms with van der Waals surface area (Å²) in [4.78, 5) is 12.1. The zero-order valence-corrected chi connectivity index (χ0v) is 13.0. The molecule has 112 valence electrons. The number of hydrazone groups is 1. The highest BCUT2D eigenvalue weighted by Gasteiger charge is 2.22. The Kier molecular flexibility index (Phi) is 3.63. The molecule has 0 aliphatic rings. The molecule has 2 heterocycles. The Hall–Kier alpha value is -2.69. The van der Waals surface area contributed by atoms with Crippen molar-refractivity contribution in [3.8, 4) is 0 Å². The topological polar surface area (TPSA) is 66.0 Å². The Morgan fingerprint density at radius 1 is 1.09 bits per heavy atom. The summed E-state index contributed by atoms with van der Waals surface area (Å²) in [6.45, 7) is 6.34. The van der Waals surface area contributed by atoms with Gasteiger partial charge < -0.3 is 4.98 Å². The minimum absolute atomic E-state index is 0.132. The van der Waals surface area contributed by atoms with Crippen LogP contribution in [0.1, 0.15) is 26.5 Å². The number of rotatable bonds is 3. The number of fused-ring (bicyclic) bond motifs is 1. The molecular formula is C17H19N5. The summed E-state index contributed by atoms with van der Waals surface area (Å²) in [6, 6.07) is 13.7. The molecule has 0 saturated carbocycles. The summed E-state index contributed by atoms with van der Waals surface area (Å²) in [5.41, 5.74) is 6.53. The number of hydrogen-bond acceptors (Lipinski definition) is 4. The summed E-state index contributed by atoms with van der Waals surface area (Å²) in [5.74, 6) is 0.624. The number of anilines is 1. The fraction of sp³-hybridized carbons (Fsp3) is 0.235. The van der Waals surface area contributed by atoms with Gasteiger partial charge in [-0.3, -0.25) is 4.98 Å². The van der Waals surface area contributed by atoms with E-state index in [0.717, 1.165) is 22.4 Å². The minimum Gasteiger partial charge on any atom is -0.323 e. The molecule has 0 unspecified atom stereocenters. The van der Waals surface area contributed by atoms with Gasteiger partial charge in [0.25, 0.3) is 0 Å². The fourth-order valence-corrected chi connectivity index (χ4v) is 2.23. The van der Waals surface area contributed by atoms with Gasteiger partial charge >= 0.3 is 0 Å². The summed E-state index contributed by atoms with van der Waals surface area (Å²) in [7, 11) is 0. The van der Waals surface area contributed by atoms with Crippen molar-refractivity contribution in [2.24, 2.45) is 10.5 Å². The van der Waals surface area contributed by atoms with Crippen LogP contribution in [0.3, 0.4) is 0 Å². The lowest BCUT2D eigenvalue weighted by molar-refractivity contribution is 0.589. The number of aromatic amines is 1. The summed E-state index contributed by atoms with van der Waals surface area (Å²) in [6.07, 6.45) is 1.78. The fourth-order valence-electron chi connectivity index (χ4n) is 2.23. The van der Waals surface area contributed by atoms with E-state index in [2.05, 4.69) is 46.3 Å². The summed E-state index contributed by atoms with van der Waals surface area (Å²) in [5, 5.41) is 4.54. The number of H-pyrrole nitrogens is 1. The van der Waals surface area contributed by atoms with Crippen molar-refractivity contribution in [2.75, 3.05) is 5.43 Å². The van der Waals surface area contributed by atoms with Crippen molar-refractivity contribution >= 4 is 22.7 Å². The van der Waals surface area contributed by atoms with E-state index < -0.39 is 0 Å². The van der Waals surface area contributed by atoms with Crippen LogP contribution in [0, 0.1) is 5.41 Å². The maximum Gasteiger partial charge on any atom is 0.222 e. The number of pyridine rings is 1. The van der Waals surface area contributed by atoms with Crippen molar-refractivity contribution in [1.29, 1.82) is 0 Å². The quantitative estimate of drug-likeness (QED) is 0.570. The van der Waals surface area contributed by atoms with Crippen LogP contribution >= 0.6 is 0 Å². The number of nitrogens with zero attached hydrogens (tertiary/aromatic N) is 3. The first kappa shape index (κ1) is 14.3. The molecule has 0 amide bonds. The van der Waals surface area contributed by atoms with E-state index >= 15 is 0 Å². The molecule has 3 rings (SSSR count). The maximum absolute atomic E-state index is 4.54. The van der Waals surface area contributed by atoms with Crippen LogP contribution in [-0.4, -0.2) is 20.7 Å². The first-order valence-corrected chi connectivity index (χ1v) is 7.24. The second kappa shape index (κ2) is 5.60. The number of para-hydroxylation sites is 2. The van der Waals surface area contributed by atoms with E-state index in [0.29, 0.717) is 5.95 Å². The standard InChI is InChI=1S/C17H19N5/c1-17(2,3)15(14-10-6-7-11-18-14)21-22-16-19-12-8-4-5-9-13(12)20-16/h4-11H,1-3H3,(H2,19,20,22). The smallest absolute Gasteiger partial charge is 0.222 e. The second-order valence-corrected chi connectivity index (χ2v) is 6.14. The molecule has 2 aromatic heterocycles.